The minimum atomic E-state index is 0.537. The van der Waals surface area contributed by atoms with Crippen LogP contribution in [0.2, 0.25) is 0 Å². The van der Waals surface area contributed by atoms with Crippen LogP contribution in [-0.4, -0.2) is 38.0 Å². The van der Waals surface area contributed by atoms with Gasteiger partial charge in [-0.25, -0.2) is 4.98 Å². The molecule has 0 N–H and O–H groups in total. The van der Waals surface area contributed by atoms with Crippen LogP contribution in [0.1, 0.15) is 31.5 Å². The molecule has 6 heteroatoms. The fourth-order valence-electron chi connectivity index (χ4n) is 2.86. The lowest BCUT2D eigenvalue weighted by Gasteiger charge is -2.25. The van der Waals surface area contributed by atoms with Crippen molar-refractivity contribution in [3.05, 3.63) is 18.2 Å². The Morgan fingerprint density at radius 2 is 2.32 bits per heavy atom. The molecule has 2 aromatic rings. The fraction of sp³-hybridized carbons (Fsp3) is 0.615. The molecule has 1 unspecified atom stereocenters. The Morgan fingerprint density at radius 3 is 3.16 bits per heavy atom. The highest BCUT2D eigenvalue weighted by Crippen LogP contribution is 2.29. The van der Waals surface area contributed by atoms with Gasteiger partial charge < -0.3 is 4.90 Å². The Bertz CT molecular complexity index is 567. The molecule has 1 fully saturated rings. The van der Waals surface area contributed by atoms with Crippen molar-refractivity contribution in [2.75, 3.05) is 17.3 Å². The molecular formula is C13H18ClN5. The van der Waals surface area contributed by atoms with E-state index in [0.29, 0.717) is 6.04 Å². The molecule has 1 saturated heterocycles. The molecule has 0 amide bonds. The van der Waals surface area contributed by atoms with E-state index < -0.39 is 0 Å². The Hall–Kier alpha value is -1.36. The lowest BCUT2D eigenvalue weighted by molar-refractivity contribution is 0.598. The van der Waals surface area contributed by atoms with Crippen molar-refractivity contribution in [1.82, 2.24) is 19.6 Å². The van der Waals surface area contributed by atoms with Gasteiger partial charge in [0.25, 0.3) is 0 Å². The second-order valence-electron chi connectivity index (χ2n) is 5.01. The lowest BCUT2D eigenvalue weighted by Crippen LogP contribution is -2.30. The van der Waals surface area contributed by atoms with Gasteiger partial charge in [-0.2, -0.15) is 0 Å². The third-order valence-corrected chi connectivity index (χ3v) is 4.07. The highest BCUT2D eigenvalue weighted by molar-refractivity contribution is 6.17. The normalized spacial score (nSPS) is 19.5. The maximum absolute atomic E-state index is 5.81. The number of alkyl halides is 1. The standard InChI is InChI=1S/C13H18ClN5/c1-10-16-17-13-12(15-7-9-18(10)13)19-8-3-5-11(19)4-2-6-14/h7,9,11H,2-6,8H2,1H3. The van der Waals surface area contributed by atoms with Gasteiger partial charge >= 0.3 is 0 Å². The van der Waals surface area contributed by atoms with Gasteiger partial charge in [0, 0.05) is 30.9 Å². The minimum Gasteiger partial charge on any atom is -0.350 e. The van der Waals surface area contributed by atoms with E-state index in [-0.39, 0.29) is 0 Å². The van der Waals surface area contributed by atoms with Crippen LogP contribution in [0, 0.1) is 6.92 Å². The molecule has 5 nitrogen and oxygen atoms in total. The monoisotopic (exact) mass is 279 g/mol. The second-order valence-corrected chi connectivity index (χ2v) is 5.39. The molecule has 19 heavy (non-hydrogen) atoms. The van der Waals surface area contributed by atoms with Gasteiger partial charge in [-0.05, 0) is 32.6 Å². The lowest BCUT2D eigenvalue weighted by atomic mass is 10.1. The first kappa shape index (κ1) is 12.7. The SMILES string of the molecule is Cc1nnc2c(N3CCCC3CCCCl)nccn12. The van der Waals surface area contributed by atoms with Crippen molar-refractivity contribution in [2.45, 2.75) is 38.6 Å². The molecule has 0 spiro atoms. The molecule has 0 saturated carbocycles. The number of hydrogen-bond donors (Lipinski definition) is 0. The van der Waals surface area contributed by atoms with Crippen LogP contribution in [0.5, 0.6) is 0 Å². The molecule has 0 bridgehead atoms. The molecule has 1 aliphatic heterocycles. The average Bonchev–Trinajstić information content (AvgIpc) is 3.03. The van der Waals surface area contributed by atoms with Crippen LogP contribution < -0.4 is 4.90 Å². The Kier molecular flexibility index (Phi) is 3.55. The van der Waals surface area contributed by atoms with Gasteiger partial charge in [-0.15, -0.1) is 21.8 Å². The van der Waals surface area contributed by atoms with Crippen LogP contribution in [0.3, 0.4) is 0 Å². The minimum absolute atomic E-state index is 0.537. The topological polar surface area (TPSA) is 46.3 Å². The van der Waals surface area contributed by atoms with E-state index in [2.05, 4.69) is 20.1 Å². The largest absolute Gasteiger partial charge is 0.350 e. The smallest absolute Gasteiger partial charge is 0.203 e. The fourth-order valence-corrected chi connectivity index (χ4v) is 3.01. The van der Waals surface area contributed by atoms with Gasteiger partial charge in [-0.3, -0.25) is 4.40 Å². The number of halogens is 1. The van der Waals surface area contributed by atoms with Crippen LogP contribution in [-0.2, 0) is 0 Å². The van der Waals surface area contributed by atoms with Crippen molar-refractivity contribution < 1.29 is 0 Å². The summed E-state index contributed by atoms with van der Waals surface area (Å²) < 4.78 is 2.00. The van der Waals surface area contributed by atoms with E-state index in [0.717, 1.165) is 42.6 Å². The van der Waals surface area contributed by atoms with Gasteiger partial charge in [0.2, 0.25) is 5.65 Å². The van der Waals surface area contributed by atoms with Crippen LogP contribution in [0.25, 0.3) is 5.65 Å². The predicted octanol–water partition coefficient (Wildman–Crippen LogP) is 2.42. The van der Waals surface area contributed by atoms with E-state index in [4.69, 9.17) is 11.6 Å². The molecule has 1 atom stereocenters. The van der Waals surface area contributed by atoms with Crippen LogP contribution in [0.15, 0.2) is 12.4 Å². The third kappa shape index (κ3) is 2.27. The zero-order valence-corrected chi connectivity index (χ0v) is 11.8. The average molecular weight is 280 g/mol. The van der Waals surface area contributed by atoms with Gasteiger partial charge in [0.1, 0.15) is 5.82 Å². The van der Waals surface area contributed by atoms with Crippen molar-refractivity contribution in [1.29, 1.82) is 0 Å². The molecule has 0 radical (unpaired) electrons. The van der Waals surface area contributed by atoms with Gasteiger partial charge in [-0.1, -0.05) is 0 Å². The molecule has 1 aliphatic rings. The zero-order chi connectivity index (χ0) is 13.2. The summed E-state index contributed by atoms with van der Waals surface area (Å²) in [5, 5.41) is 8.40. The summed E-state index contributed by atoms with van der Waals surface area (Å²) in [6.07, 6.45) is 8.35. The Morgan fingerprint density at radius 1 is 1.42 bits per heavy atom. The highest BCUT2D eigenvalue weighted by atomic mass is 35.5. The van der Waals surface area contributed by atoms with Crippen molar-refractivity contribution in [3.63, 3.8) is 0 Å². The van der Waals surface area contributed by atoms with E-state index in [1.165, 1.54) is 12.8 Å². The highest BCUT2D eigenvalue weighted by Gasteiger charge is 2.27. The number of aryl methyl sites for hydroxylation is 1. The summed E-state index contributed by atoms with van der Waals surface area (Å²) in [6.45, 7) is 3.00. The zero-order valence-electron chi connectivity index (χ0n) is 11.1. The quantitative estimate of drug-likeness (QED) is 0.807. The first-order chi connectivity index (χ1) is 9.31. The summed E-state index contributed by atoms with van der Waals surface area (Å²) >= 11 is 5.81. The van der Waals surface area contributed by atoms with Gasteiger partial charge in [0.05, 0.1) is 0 Å². The summed E-state index contributed by atoms with van der Waals surface area (Å²) in [7, 11) is 0. The number of fused-ring (bicyclic) bond motifs is 1. The molecule has 2 aromatic heterocycles. The number of nitrogens with zero attached hydrogens (tertiary/aromatic N) is 5. The van der Waals surface area contributed by atoms with Crippen molar-refractivity contribution in [3.8, 4) is 0 Å². The van der Waals surface area contributed by atoms with Crippen LogP contribution >= 0.6 is 11.6 Å². The number of hydrogen-bond acceptors (Lipinski definition) is 4. The summed E-state index contributed by atoms with van der Waals surface area (Å²) in [5.41, 5.74) is 0.859. The maximum atomic E-state index is 5.81. The van der Waals surface area contributed by atoms with E-state index in [1.807, 2.05) is 23.7 Å². The second kappa shape index (κ2) is 5.33. The maximum Gasteiger partial charge on any atom is 0.203 e. The molecule has 0 aromatic carbocycles. The Labute approximate surface area is 117 Å². The molecular weight excluding hydrogens is 262 g/mol. The van der Waals surface area contributed by atoms with E-state index in [1.54, 1.807) is 0 Å². The summed E-state index contributed by atoms with van der Waals surface area (Å²) in [4.78, 5) is 6.90. The molecule has 102 valence electrons. The predicted molar refractivity (Wildman–Crippen MR) is 75.8 cm³/mol. The molecule has 3 rings (SSSR count). The number of aromatic nitrogens is 4. The first-order valence-electron chi connectivity index (χ1n) is 6.80. The first-order valence-corrected chi connectivity index (χ1v) is 7.33. The van der Waals surface area contributed by atoms with E-state index in [9.17, 15) is 0 Å². The molecule has 3 heterocycles. The van der Waals surface area contributed by atoms with Crippen molar-refractivity contribution in [2.24, 2.45) is 0 Å². The third-order valence-electron chi connectivity index (χ3n) is 3.80. The number of anilines is 1. The van der Waals surface area contributed by atoms with Crippen molar-refractivity contribution >= 4 is 23.1 Å². The van der Waals surface area contributed by atoms with Crippen LogP contribution in [0.4, 0.5) is 5.82 Å². The Balaban J connectivity index is 1.94. The number of rotatable bonds is 4. The van der Waals surface area contributed by atoms with E-state index >= 15 is 0 Å². The van der Waals surface area contributed by atoms with Gasteiger partial charge in [0.15, 0.2) is 5.82 Å². The summed E-state index contributed by atoms with van der Waals surface area (Å²) in [6, 6.07) is 0.537. The summed E-state index contributed by atoms with van der Waals surface area (Å²) in [5.74, 6) is 2.58. The molecule has 0 aliphatic carbocycles.